The lowest BCUT2D eigenvalue weighted by atomic mass is 10.1. The molecule has 1 N–H and O–H groups in total. The molecule has 0 atom stereocenters. The van der Waals surface area contributed by atoms with Crippen LogP contribution in [-0.4, -0.2) is 26.1 Å². The van der Waals surface area contributed by atoms with E-state index >= 15 is 0 Å². The number of nitrogens with zero attached hydrogens (tertiary/aromatic N) is 3. The Morgan fingerprint density at radius 3 is 2.59 bits per heavy atom. The summed E-state index contributed by atoms with van der Waals surface area (Å²) in [6.45, 7) is 1.80. The molecule has 1 heterocycles. The van der Waals surface area contributed by atoms with Crippen LogP contribution in [0.5, 0.6) is 0 Å². The number of rotatable bonds is 3. The second kappa shape index (κ2) is 5.40. The third-order valence-electron chi connectivity index (χ3n) is 3.32. The molecule has 5 nitrogen and oxygen atoms in total. The van der Waals surface area contributed by atoms with Gasteiger partial charge in [-0.3, -0.25) is 0 Å². The summed E-state index contributed by atoms with van der Waals surface area (Å²) in [6, 6.07) is 13.2. The molecule has 0 saturated heterocycles. The summed E-state index contributed by atoms with van der Waals surface area (Å²) in [7, 11) is 0. The minimum Gasteiger partial charge on any atom is -0.476 e. The molecule has 22 heavy (non-hydrogen) atoms. The second-order valence-electron chi connectivity index (χ2n) is 4.80. The number of aromatic carboxylic acids is 1. The smallest absolute Gasteiger partial charge is 0.358 e. The highest BCUT2D eigenvalue weighted by Gasteiger charge is 2.22. The zero-order valence-electron chi connectivity index (χ0n) is 11.7. The molecular weight excluding hydrogens is 285 g/mol. The van der Waals surface area contributed by atoms with Gasteiger partial charge in [0.25, 0.3) is 0 Å². The summed E-state index contributed by atoms with van der Waals surface area (Å²) in [5.41, 5.74) is 2.02. The van der Waals surface area contributed by atoms with E-state index in [0.717, 1.165) is 5.56 Å². The fourth-order valence-corrected chi connectivity index (χ4v) is 2.26. The molecule has 0 aliphatic heterocycles. The minimum atomic E-state index is -1.18. The number of hydrogen-bond donors (Lipinski definition) is 1. The van der Waals surface area contributed by atoms with Crippen LogP contribution in [0, 0.1) is 12.7 Å². The van der Waals surface area contributed by atoms with Gasteiger partial charge in [-0.2, -0.15) is 0 Å². The first-order valence-corrected chi connectivity index (χ1v) is 6.59. The van der Waals surface area contributed by atoms with Gasteiger partial charge in [-0.15, -0.1) is 5.10 Å². The SMILES string of the molecule is Cc1ccc(F)cc1-n1nnc(C(=O)O)c1-c1ccccc1. The molecule has 3 rings (SSSR count). The second-order valence-corrected chi connectivity index (χ2v) is 4.80. The Hall–Kier alpha value is -3.02. The van der Waals surface area contributed by atoms with E-state index in [-0.39, 0.29) is 5.69 Å². The molecule has 1 aromatic heterocycles. The predicted molar refractivity (Wildman–Crippen MR) is 78.4 cm³/mol. The largest absolute Gasteiger partial charge is 0.476 e. The summed E-state index contributed by atoms with van der Waals surface area (Å²) in [6.07, 6.45) is 0. The monoisotopic (exact) mass is 297 g/mol. The van der Waals surface area contributed by atoms with Gasteiger partial charge in [0, 0.05) is 5.56 Å². The average Bonchev–Trinajstić information content (AvgIpc) is 2.95. The number of aromatic nitrogens is 3. The van der Waals surface area contributed by atoms with Gasteiger partial charge in [0.15, 0.2) is 5.69 Å². The molecule has 2 aromatic carbocycles. The van der Waals surface area contributed by atoms with Gasteiger partial charge in [0.2, 0.25) is 0 Å². The highest BCUT2D eigenvalue weighted by molar-refractivity contribution is 5.93. The fourth-order valence-electron chi connectivity index (χ4n) is 2.26. The zero-order valence-corrected chi connectivity index (χ0v) is 11.7. The zero-order chi connectivity index (χ0) is 15.7. The van der Waals surface area contributed by atoms with Gasteiger partial charge in [-0.1, -0.05) is 41.6 Å². The summed E-state index contributed by atoms with van der Waals surface area (Å²) < 4.78 is 14.9. The first-order chi connectivity index (χ1) is 10.6. The molecule has 0 unspecified atom stereocenters. The van der Waals surface area contributed by atoms with E-state index in [4.69, 9.17) is 0 Å². The van der Waals surface area contributed by atoms with Crippen LogP contribution in [0.15, 0.2) is 48.5 Å². The molecule has 0 radical (unpaired) electrons. The van der Waals surface area contributed by atoms with E-state index in [1.54, 1.807) is 37.3 Å². The Morgan fingerprint density at radius 1 is 1.18 bits per heavy atom. The van der Waals surface area contributed by atoms with E-state index in [1.807, 2.05) is 6.07 Å². The fraction of sp³-hybridized carbons (Fsp3) is 0.0625. The molecule has 0 spiro atoms. The number of benzene rings is 2. The molecule has 0 amide bonds. The van der Waals surface area contributed by atoms with Crippen molar-refractivity contribution in [1.29, 1.82) is 0 Å². The standard InChI is InChI=1S/C16H12FN3O2/c1-10-7-8-12(17)9-13(10)20-15(11-5-3-2-4-6-11)14(16(21)22)18-19-20/h2-9H,1H3,(H,21,22). The van der Waals surface area contributed by atoms with Crippen LogP contribution < -0.4 is 0 Å². The highest BCUT2D eigenvalue weighted by Crippen LogP contribution is 2.26. The van der Waals surface area contributed by atoms with Gasteiger partial charge in [0.05, 0.1) is 5.69 Å². The number of carboxylic acids is 1. The van der Waals surface area contributed by atoms with Crippen LogP contribution in [0.1, 0.15) is 16.1 Å². The Labute approximate surface area is 125 Å². The molecule has 0 aliphatic carbocycles. The molecule has 3 aromatic rings. The summed E-state index contributed by atoms with van der Waals surface area (Å²) in [5, 5.41) is 17.0. The normalized spacial score (nSPS) is 10.6. The van der Waals surface area contributed by atoms with Gasteiger partial charge in [-0.05, 0) is 24.6 Å². The van der Waals surface area contributed by atoms with Crippen molar-refractivity contribution < 1.29 is 14.3 Å². The maximum atomic E-state index is 13.6. The quantitative estimate of drug-likeness (QED) is 0.806. The maximum Gasteiger partial charge on any atom is 0.358 e. The van der Waals surface area contributed by atoms with Gasteiger partial charge in [-0.25, -0.2) is 13.9 Å². The lowest BCUT2D eigenvalue weighted by molar-refractivity contribution is 0.0691. The molecule has 0 saturated carbocycles. The summed E-state index contributed by atoms with van der Waals surface area (Å²) in [5.74, 6) is -1.61. The van der Waals surface area contributed by atoms with Crippen molar-refractivity contribution in [2.45, 2.75) is 6.92 Å². The van der Waals surface area contributed by atoms with Crippen molar-refractivity contribution in [3.8, 4) is 16.9 Å². The lowest BCUT2D eigenvalue weighted by Crippen LogP contribution is -2.05. The van der Waals surface area contributed by atoms with Crippen LogP contribution >= 0.6 is 0 Å². The molecular formula is C16H12FN3O2. The lowest BCUT2D eigenvalue weighted by Gasteiger charge is -2.10. The van der Waals surface area contributed by atoms with Crippen LogP contribution in [-0.2, 0) is 0 Å². The Balaban J connectivity index is 2.30. The van der Waals surface area contributed by atoms with Crippen molar-refractivity contribution in [3.63, 3.8) is 0 Å². The Kier molecular flexibility index (Phi) is 3.42. The van der Waals surface area contributed by atoms with Crippen LogP contribution in [0.2, 0.25) is 0 Å². The van der Waals surface area contributed by atoms with Gasteiger partial charge >= 0.3 is 5.97 Å². The third kappa shape index (κ3) is 2.35. The molecule has 0 bridgehead atoms. The van der Waals surface area contributed by atoms with Gasteiger partial charge < -0.3 is 5.11 Å². The highest BCUT2D eigenvalue weighted by atomic mass is 19.1. The third-order valence-corrected chi connectivity index (χ3v) is 3.32. The first kappa shape index (κ1) is 13.9. The first-order valence-electron chi connectivity index (χ1n) is 6.59. The molecule has 110 valence electrons. The van der Waals surface area contributed by atoms with Crippen LogP contribution in [0.3, 0.4) is 0 Å². The van der Waals surface area contributed by atoms with Crippen molar-refractivity contribution in [1.82, 2.24) is 15.0 Å². The number of halogens is 1. The molecule has 0 fully saturated rings. The Bertz CT molecular complexity index is 844. The van der Waals surface area contributed by atoms with Crippen molar-refractivity contribution in [2.24, 2.45) is 0 Å². The number of carbonyl (C=O) groups is 1. The number of carboxylic acid groups (broad SMARTS) is 1. The van der Waals surface area contributed by atoms with Crippen molar-refractivity contribution in [2.75, 3.05) is 0 Å². The van der Waals surface area contributed by atoms with E-state index in [1.165, 1.54) is 16.8 Å². The van der Waals surface area contributed by atoms with E-state index < -0.39 is 11.8 Å². The topological polar surface area (TPSA) is 68.0 Å². The van der Waals surface area contributed by atoms with E-state index in [9.17, 15) is 14.3 Å². The number of aryl methyl sites for hydroxylation is 1. The van der Waals surface area contributed by atoms with Gasteiger partial charge in [0.1, 0.15) is 11.5 Å². The molecule has 0 aliphatic rings. The summed E-state index contributed by atoms with van der Waals surface area (Å²) >= 11 is 0. The summed E-state index contributed by atoms with van der Waals surface area (Å²) in [4.78, 5) is 11.4. The van der Waals surface area contributed by atoms with Crippen LogP contribution in [0.4, 0.5) is 4.39 Å². The van der Waals surface area contributed by atoms with Crippen molar-refractivity contribution >= 4 is 5.97 Å². The number of hydrogen-bond acceptors (Lipinski definition) is 3. The minimum absolute atomic E-state index is 0.171. The van der Waals surface area contributed by atoms with E-state index in [2.05, 4.69) is 10.3 Å². The van der Waals surface area contributed by atoms with Crippen LogP contribution in [0.25, 0.3) is 16.9 Å². The van der Waals surface area contributed by atoms with Crippen molar-refractivity contribution in [3.05, 3.63) is 65.6 Å². The van der Waals surface area contributed by atoms with E-state index in [0.29, 0.717) is 16.9 Å². The Morgan fingerprint density at radius 2 is 1.91 bits per heavy atom. The maximum absolute atomic E-state index is 13.6. The predicted octanol–water partition coefficient (Wildman–Crippen LogP) is 3.08. The average molecular weight is 297 g/mol. The molecule has 6 heteroatoms.